The van der Waals surface area contributed by atoms with Crippen molar-refractivity contribution in [3.63, 3.8) is 0 Å². The lowest BCUT2D eigenvalue weighted by atomic mass is 9.94. The molecule has 2 N–H and O–H groups in total. The van der Waals surface area contributed by atoms with Crippen LogP contribution in [0.3, 0.4) is 0 Å². The van der Waals surface area contributed by atoms with Crippen LogP contribution < -0.4 is 10.6 Å². The van der Waals surface area contributed by atoms with Crippen LogP contribution in [0.25, 0.3) is 32.2 Å². The van der Waals surface area contributed by atoms with E-state index in [1.54, 1.807) is 6.20 Å². The van der Waals surface area contributed by atoms with Crippen LogP contribution >= 0.6 is 11.3 Å². The summed E-state index contributed by atoms with van der Waals surface area (Å²) in [5.74, 6) is -0.704. The lowest BCUT2D eigenvalue weighted by Gasteiger charge is -2.41. The highest BCUT2D eigenvalue weighted by Gasteiger charge is 2.35. The molecule has 7 rings (SSSR count). The van der Waals surface area contributed by atoms with Gasteiger partial charge in [0.2, 0.25) is 5.95 Å². The quantitative estimate of drug-likeness (QED) is 0.398. The number of nitrogens with two attached hydrogens (primary N) is 1. The summed E-state index contributed by atoms with van der Waals surface area (Å²) in [5, 5.41) is 10.8. The number of nitrogen functional groups attached to an aromatic ring is 1. The molecule has 3 aliphatic rings. The second-order valence-corrected chi connectivity index (χ2v) is 12.0. The molecule has 3 aromatic heterocycles. The zero-order valence-electron chi connectivity index (χ0n) is 22.2. The Morgan fingerprint density at radius 1 is 1.12 bits per heavy atom. The van der Waals surface area contributed by atoms with Crippen LogP contribution in [0.15, 0.2) is 12.4 Å². The second kappa shape index (κ2) is 9.55. The summed E-state index contributed by atoms with van der Waals surface area (Å²) >= 11 is 0.961. The first kappa shape index (κ1) is 25.5. The molecular formula is C28H28F2N8OS. The van der Waals surface area contributed by atoms with E-state index in [1.165, 1.54) is 0 Å². The molecule has 0 unspecified atom stereocenters. The van der Waals surface area contributed by atoms with Crippen molar-refractivity contribution in [1.82, 2.24) is 24.8 Å². The molecule has 0 bridgehead atoms. The number of halogens is 2. The molecule has 2 saturated heterocycles. The molecule has 0 spiro atoms. The number of benzene rings is 1. The number of fused-ring (bicyclic) bond motifs is 4. The minimum absolute atomic E-state index is 0.0961. The van der Waals surface area contributed by atoms with Gasteiger partial charge in [-0.1, -0.05) is 0 Å². The summed E-state index contributed by atoms with van der Waals surface area (Å²) in [6, 6.07) is 2.91. The fraction of sp³-hybridized carbons (Fsp3) is 0.429. The van der Waals surface area contributed by atoms with E-state index in [0.29, 0.717) is 29.0 Å². The molecule has 0 amide bonds. The van der Waals surface area contributed by atoms with Gasteiger partial charge in [-0.3, -0.25) is 9.88 Å². The van der Waals surface area contributed by atoms with Crippen LogP contribution in [0.5, 0.6) is 0 Å². The fourth-order valence-corrected chi connectivity index (χ4v) is 7.50. The smallest absolute Gasteiger partial charge is 0.226 e. The molecule has 3 aliphatic heterocycles. The largest absolute Gasteiger partial charge is 0.389 e. The molecule has 2 atom stereocenters. The Kier molecular flexibility index (Phi) is 6.08. The number of nitrogens with zero attached hydrogens (tertiary/aromatic N) is 7. The average molecular weight is 563 g/mol. The van der Waals surface area contributed by atoms with Crippen molar-refractivity contribution in [1.29, 1.82) is 5.26 Å². The van der Waals surface area contributed by atoms with E-state index < -0.39 is 11.6 Å². The lowest BCUT2D eigenvalue weighted by molar-refractivity contribution is 0.0686. The number of aromatic nitrogens is 3. The third-order valence-corrected chi connectivity index (χ3v) is 9.56. The highest BCUT2D eigenvalue weighted by Crippen LogP contribution is 2.45. The summed E-state index contributed by atoms with van der Waals surface area (Å²) in [6.07, 6.45) is 3.73. The van der Waals surface area contributed by atoms with Crippen LogP contribution in [0.1, 0.15) is 30.0 Å². The van der Waals surface area contributed by atoms with Crippen LogP contribution in [-0.4, -0.2) is 76.6 Å². The maximum atomic E-state index is 16.6. The van der Waals surface area contributed by atoms with Gasteiger partial charge in [-0.15, -0.1) is 11.3 Å². The fourth-order valence-electron chi connectivity index (χ4n) is 6.58. The third kappa shape index (κ3) is 3.83. The summed E-state index contributed by atoms with van der Waals surface area (Å²) < 4.78 is 37.2. The summed E-state index contributed by atoms with van der Waals surface area (Å²) in [6.45, 7) is 7.38. The Bertz CT molecular complexity index is 1720. The van der Waals surface area contributed by atoms with Crippen molar-refractivity contribution >= 4 is 43.3 Å². The molecule has 40 heavy (non-hydrogen) atoms. The van der Waals surface area contributed by atoms with E-state index >= 15 is 4.39 Å². The van der Waals surface area contributed by atoms with Crippen molar-refractivity contribution in [2.24, 2.45) is 0 Å². The van der Waals surface area contributed by atoms with Crippen LogP contribution in [0, 0.1) is 23.0 Å². The highest BCUT2D eigenvalue weighted by molar-refractivity contribution is 7.23. The van der Waals surface area contributed by atoms with Gasteiger partial charge in [-0.2, -0.15) is 5.26 Å². The van der Waals surface area contributed by atoms with Gasteiger partial charge < -0.3 is 20.3 Å². The number of likely N-dealkylation sites (N-methyl/N-ethyl adjacent to an activating group) is 1. The highest BCUT2D eigenvalue weighted by atomic mass is 32.1. The van der Waals surface area contributed by atoms with Crippen LogP contribution in [0.4, 0.5) is 19.7 Å². The number of ether oxygens (including phenoxy) is 1. The summed E-state index contributed by atoms with van der Waals surface area (Å²) in [4.78, 5) is 20.7. The van der Waals surface area contributed by atoms with Gasteiger partial charge in [0.15, 0.2) is 11.6 Å². The van der Waals surface area contributed by atoms with E-state index in [1.807, 2.05) is 6.07 Å². The number of hydrogen-bond acceptors (Lipinski definition) is 10. The number of anilines is 2. The number of nitriles is 1. The average Bonchev–Trinajstić information content (AvgIpc) is 3.69. The van der Waals surface area contributed by atoms with E-state index in [9.17, 15) is 9.65 Å². The van der Waals surface area contributed by atoms with Crippen LogP contribution in [-0.2, 0) is 18.0 Å². The molecule has 0 saturated carbocycles. The first-order chi connectivity index (χ1) is 19.4. The normalized spacial score (nSPS) is 21.9. The number of piperazine rings is 1. The predicted octanol–water partition coefficient (Wildman–Crippen LogP) is 3.88. The standard InChI is InChI=1S/C28H28F2N8OS/c1-14-10-36(2)5-6-38(14)15-3-4-37(11-15)28-34-8-17-18-12-39-13-19(18)21(23(30)24(17)35-28)25-22-16(7-31)27(32)40-26(22)20(29)9-33-25/h8-9,14-15H,3-6,10-13,32H2,1-2H3/t14-,15+/m1/s1. The van der Waals surface area contributed by atoms with Gasteiger partial charge in [0.25, 0.3) is 0 Å². The molecule has 206 valence electrons. The van der Waals surface area contributed by atoms with Crippen molar-refractivity contribution in [3.8, 4) is 17.3 Å². The van der Waals surface area contributed by atoms with Gasteiger partial charge in [-0.25, -0.2) is 18.7 Å². The topological polar surface area (TPSA) is 107 Å². The third-order valence-electron chi connectivity index (χ3n) is 8.53. The van der Waals surface area contributed by atoms with E-state index in [2.05, 4.69) is 38.6 Å². The van der Waals surface area contributed by atoms with Crippen molar-refractivity contribution in [2.45, 2.75) is 38.6 Å². The Balaban J connectivity index is 1.33. The Labute approximate surface area is 233 Å². The molecule has 4 aromatic rings. The maximum Gasteiger partial charge on any atom is 0.226 e. The molecule has 0 aliphatic carbocycles. The van der Waals surface area contributed by atoms with E-state index in [4.69, 9.17) is 15.5 Å². The number of rotatable bonds is 3. The Hall–Kier alpha value is -3.50. The maximum absolute atomic E-state index is 16.6. The van der Waals surface area contributed by atoms with Crippen molar-refractivity contribution in [2.75, 3.05) is 50.4 Å². The van der Waals surface area contributed by atoms with E-state index in [0.717, 1.165) is 62.2 Å². The van der Waals surface area contributed by atoms with Gasteiger partial charge in [0.05, 0.1) is 35.4 Å². The molecule has 1 aromatic carbocycles. The van der Waals surface area contributed by atoms with Gasteiger partial charge in [0.1, 0.15) is 16.6 Å². The van der Waals surface area contributed by atoms with Gasteiger partial charge >= 0.3 is 0 Å². The zero-order chi connectivity index (χ0) is 27.7. The second-order valence-electron chi connectivity index (χ2n) is 10.9. The number of thiophene rings is 1. The molecule has 2 fully saturated rings. The van der Waals surface area contributed by atoms with Gasteiger partial charge in [-0.05, 0) is 31.5 Å². The van der Waals surface area contributed by atoms with Crippen molar-refractivity contribution < 1.29 is 13.5 Å². The zero-order valence-corrected chi connectivity index (χ0v) is 23.1. The lowest BCUT2D eigenvalue weighted by Crippen LogP contribution is -2.54. The predicted molar refractivity (Wildman–Crippen MR) is 150 cm³/mol. The SMILES string of the molecule is C[C@@H]1CN(C)CCN1[C@H]1CCN(c2ncc3c4c(c(-c5ncc(F)c6sc(N)c(C#N)c56)c(F)c3n2)COC4)C1. The minimum Gasteiger partial charge on any atom is -0.389 e. The number of hydrogen-bond donors (Lipinski definition) is 1. The molecule has 9 nitrogen and oxygen atoms in total. The van der Waals surface area contributed by atoms with E-state index in [-0.39, 0.29) is 50.6 Å². The number of pyridine rings is 1. The first-order valence-corrected chi connectivity index (χ1v) is 14.2. The minimum atomic E-state index is -0.603. The monoisotopic (exact) mass is 562 g/mol. The molecule has 12 heteroatoms. The van der Waals surface area contributed by atoms with Gasteiger partial charge in [0, 0.05) is 67.3 Å². The molecule has 0 radical (unpaired) electrons. The first-order valence-electron chi connectivity index (χ1n) is 13.4. The Morgan fingerprint density at radius 3 is 2.75 bits per heavy atom. The van der Waals surface area contributed by atoms with Crippen molar-refractivity contribution in [3.05, 3.63) is 40.7 Å². The molecule has 6 heterocycles. The summed E-state index contributed by atoms with van der Waals surface area (Å²) in [7, 11) is 2.16. The van der Waals surface area contributed by atoms with Crippen LogP contribution in [0.2, 0.25) is 0 Å². The Morgan fingerprint density at radius 2 is 1.95 bits per heavy atom. The summed E-state index contributed by atoms with van der Waals surface area (Å²) in [5.41, 5.74) is 8.05. The molecular weight excluding hydrogens is 534 g/mol.